The number of hydrogen-bond acceptors (Lipinski definition) is 5. The Kier molecular flexibility index (Phi) is 4.98. The third kappa shape index (κ3) is 4.02. The lowest BCUT2D eigenvalue weighted by Gasteiger charge is -2.22. The lowest BCUT2D eigenvalue weighted by Crippen LogP contribution is -2.27. The van der Waals surface area contributed by atoms with Crippen molar-refractivity contribution >= 4 is 11.6 Å². The van der Waals surface area contributed by atoms with E-state index in [1.54, 1.807) is 0 Å². The molecule has 1 rings (SSSR count). The first kappa shape index (κ1) is 12.7. The second-order valence-electron chi connectivity index (χ2n) is 4.04. The summed E-state index contributed by atoms with van der Waals surface area (Å²) in [5.74, 6) is 1.44. The Morgan fingerprint density at radius 1 is 1.25 bits per heavy atom. The van der Waals surface area contributed by atoms with Gasteiger partial charge in [0.2, 0.25) is 0 Å². The van der Waals surface area contributed by atoms with Crippen LogP contribution in [0.5, 0.6) is 0 Å². The van der Waals surface area contributed by atoms with Gasteiger partial charge in [-0.05, 0) is 34.0 Å². The van der Waals surface area contributed by atoms with Gasteiger partial charge in [0.15, 0.2) is 0 Å². The minimum Gasteiger partial charge on any atom is -0.384 e. The number of aromatic nitrogens is 2. The average Bonchev–Trinajstić information content (AvgIpc) is 2.24. The van der Waals surface area contributed by atoms with Crippen molar-refractivity contribution in [2.75, 3.05) is 44.4 Å². The molecule has 1 aromatic rings. The zero-order valence-corrected chi connectivity index (χ0v) is 10.3. The van der Waals surface area contributed by atoms with E-state index < -0.39 is 0 Å². The largest absolute Gasteiger partial charge is 0.384 e. The summed E-state index contributed by atoms with van der Waals surface area (Å²) >= 11 is 0. The predicted octanol–water partition coefficient (Wildman–Crippen LogP) is 0.837. The fourth-order valence-electron chi connectivity index (χ4n) is 1.55. The third-order valence-electron chi connectivity index (χ3n) is 2.41. The average molecular weight is 223 g/mol. The van der Waals surface area contributed by atoms with Crippen LogP contribution in [0.15, 0.2) is 12.4 Å². The summed E-state index contributed by atoms with van der Waals surface area (Å²) in [5, 5.41) is 0. The first-order valence-electron chi connectivity index (χ1n) is 5.60. The van der Waals surface area contributed by atoms with Gasteiger partial charge in [0.1, 0.15) is 18.0 Å². The normalized spacial score (nSPS) is 10.8. The molecule has 1 aromatic heterocycles. The third-order valence-corrected chi connectivity index (χ3v) is 2.41. The van der Waals surface area contributed by atoms with Crippen LogP contribution >= 0.6 is 0 Å². The molecule has 0 aromatic carbocycles. The Hall–Kier alpha value is -1.36. The topological polar surface area (TPSA) is 58.3 Å². The van der Waals surface area contributed by atoms with Crippen LogP contribution in [0, 0.1) is 0 Å². The SMILES string of the molecule is CCN(CCCN(C)C)c1cc(N)ncn1. The van der Waals surface area contributed by atoms with Crippen LogP contribution in [0.2, 0.25) is 0 Å². The van der Waals surface area contributed by atoms with Crippen molar-refractivity contribution in [2.45, 2.75) is 13.3 Å². The summed E-state index contributed by atoms with van der Waals surface area (Å²) < 4.78 is 0. The molecule has 0 aliphatic heterocycles. The van der Waals surface area contributed by atoms with Gasteiger partial charge in [0.05, 0.1) is 0 Å². The van der Waals surface area contributed by atoms with Gasteiger partial charge in [0.25, 0.3) is 0 Å². The molecule has 5 nitrogen and oxygen atoms in total. The van der Waals surface area contributed by atoms with Crippen LogP contribution in [-0.2, 0) is 0 Å². The van der Waals surface area contributed by atoms with E-state index in [1.165, 1.54) is 6.33 Å². The van der Waals surface area contributed by atoms with Crippen molar-refractivity contribution in [2.24, 2.45) is 0 Å². The van der Waals surface area contributed by atoms with E-state index in [0.717, 1.165) is 31.9 Å². The van der Waals surface area contributed by atoms with Gasteiger partial charge in [-0.25, -0.2) is 9.97 Å². The number of anilines is 2. The first-order valence-corrected chi connectivity index (χ1v) is 5.60. The molecule has 0 atom stereocenters. The smallest absolute Gasteiger partial charge is 0.134 e. The molecule has 5 heteroatoms. The molecule has 16 heavy (non-hydrogen) atoms. The molecule has 0 amide bonds. The molecular formula is C11H21N5. The minimum absolute atomic E-state index is 0.524. The van der Waals surface area contributed by atoms with Gasteiger partial charge < -0.3 is 15.5 Å². The van der Waals surface area contributed by atoms with Gasteiger partial charge in [-0.1, -0.05) is 0 Å². The molecule has 0 bridgehead atoms. The quantitative estimate of drug-likeness (QED) is 0.774. The summed E-state index contributed by atoms with van der Waals surface area (Å²) in [7, 11) is 4.16. The molecule has 0 spiro atoms. The highest BCUT2D eigenvalue weighted by atomic mass is 15.2. The van der Waals surface area contributed by atoms with Crippen LogP contribution in [0.25, 0.3) is 0 Å². The fourth-order valence-corrected chi connectivity index (χ4v) is 1.55. The molecule has 1 heterocycles. The molecule has 0 saturated heterocycles. The monoisotopic (exact) mass is 223 g/mol. The van der Waals surface area contributed by atoms with Gasteiger partial charge >= 0.3 is 0 Å². The maximum absolute atomic E-state index is 5.64. The van der Waals surface area contributed by atoms with Gasteiger partial charge in [0, 0.05) is 19.2 Å². The van der Waals surface area contributed by atoms with E-state index >= 15 is 0 Å². The fraction of sp³-hybridized carbons (Fsp3) is 0.636. The maximum atomic E-state index is 5.64. The number of nitrogens with two attached hydrogens (primary N) is 1. The Morgan fingerprint density at radius 2 is 2.00 bits per heavy atom. The summed E-state index contributed by atoms with van der Waals surface area (Å²) in [6.45, 7) is 5.13. The first-order chi connectivity index (χ1) is 7.63. The van der Waals surface area contributed by atoms with E-state index in [4.69, 9.17) is 5.73 Å². The summed E-state index contributed by atoms with van der Waals surface area (Å²) in [6.07, 6.45) is 2.63. The van der Waals surface area contributed by atoms with Crippen molar-refractivity contribution in [1.82, 2.24) is 14.9 Å². The molecule has 0 aliphatic carbocycles. The summed E-state index contributed by atoms with van der Waals surface area (Å²) in [6, 6.07) is 1.82. The van der Waals surface area contributed by atoms with E-state index in [1.807, 2.05) is 6.07 Å². The minimum atomic E-state index is 0.524. The Balaban J connectivity index is 2.53. The number of nitrogen functional groups attached to an aromatic ring is 1. The molecule has 0 fully saturated rings. The van der Waals surface area contributed by atoms with Gasteiger partial charge in [-0.15, -0.1) is 0 Å². The Morgan fingerprint density at radius 3 is 2.56 bits per heavy atom. The van der Waals surface area contributed by atoms with E-state index in [0.29, 0.717) is 5.82 Å². The van der Waals surface area contributed by atoms with Crippen LogP contribution in [0.4, 0.5) is 11.6 Å². The zero-order valence-electron chi connectivity index (χ0n) is 10.3. The molecule has 90 valence electrons. The van der Waals surface area contributed by atoms with E-state index in [9.17, 15) is 0 Å². The standard InChI is InChI=1S/C11H21N5/c1-4-16(7-5-6-15(2)3)11-8-10(12)13-9-14-11/h8-9H,4-7H2,1-3H3,(H2,12,13,14). The zero-order chi connectivity index (χ0) is 12.0. The Bertz CT molecular complexity index is 313. The molecule has 0 aliphatic rings. The maximum Gasteiger partial charge on any atom is 0.134 e. The number of hydrogen-bond donors (Lipinski definition) is 1. The van der Waals surface area contributed by atoms with E-state index in [2.05, 4.69) is 40.8 Å². The second kappa shape index (κ2) is 6.27. The van der Waals surface area contributed by atoms with Crippen LogP contribution in [0.1, 0.15) is 13.3 Å². The molecule has 2 N–H and O–H groups in total. The van der Waals surface area contributed by atoms with Gasteiger partial charge in [-0.3, -0.25) is 0 Å². The van der Waals surface area contributed by atoms with Crippen molar-refractivity contribution in [3.63, 3.8) is 0 Å². The molecular weight excluding hydrogens is 202 g/mol. The lowest BCUT2D eigenvalue weighted by molar-refractivity contribution is 0.400. The van der Waals surface area contributed by atoms with Crippen LogP contribution < -0.4 is 10.6 Å². The highest BCUT2D eigenvalue weighted by Gasteiger charge is 2.06. The summed E-state index contributed by atoms with van der Waals surface area (Å²) in [4.78, 5) is 12.5. The predicted molar refractivity (Wildman–Crippen MR) is 67.5 cm³/mol. The van der Waals surface area contributed by atoms with Crippen molar-refractivity contribution in [3.05, 3.63) is 12.4 Å². The molecule has 0 saturated carbocycles. The number of nitrogens with zero attached hydrogens (tertiary/aromatic N) is 4. The van der Waals surface area contributed by atoms with Crippen molar-refractivity contribution in [1.29, 1.82) is 0 Å². The summed E-state index contributed by atoms with van der Waals surface area (Å²) in [5.41, 5.74) is 5.64. The lowest BCUT2D eigenvalue weighted by atomic mass is 10.3. The Labute approximate surface area is 97.3 Å². The number of rotatable bonds is 6. The highest BCUT2D eigenvalue weighted by molar-refractivity contribution is 5.45. The molecule has 0 radical (unpaired) electrons. The van der Waals surface area contributed by atoms with Crippen LogP contribution in [0.3, 0.4) is 0 Å². The molecule has 0 unspecified atom stereocenters. The van der Waals surface area contributed by atoms with Crippen molar-refractivity contribution in [3.8, 4) is 0 Å². The van der Waals surface area contributed by atoms with Crippen LogP contribution in [-0.4, -0.2) is 48.6 Å². The van der Waals surface area contributed by atoms with E-state index in [-0.39, 0.29) is 0 Å². The second-order valence-corrected chi connectivity index (χ2v) is 4.04. The van der Waals surface area contributed by atoms with Crippen molar-refractivity contribution < 1.29 is 0 Å². The van der Waals surface area contributed by atoms with Gasteiger partial charge in [-0.2, -0.15) is 0 Å². The highest BCUT2D eigenvalue weighted by Crippen LogP contribution is 2.11.